The molecule has 6 heteroatoms. The van der Waals surface area contributed by atoms with Crippen LogP contribution in [0.25, 0.3) is 21.5 Å². The Hall–Kier alpha value is -4.22. The van der Waals surface area contributed by atoms with Crippen molar-refractivity contribution >= 4 is 56.1 Å². The summed E-state index contributed by atoms with van der Waals surface area (Å²) < 4.78 is 0. The first kappa shape index (κ1) is 25.4. The number of hydrogen-bond donors (Lipinski definition) is 2. The Morgan fingerprint density at radius 1 is 0.579 bits per heavy atom. The van der Waals surface area contributed by atoms with Gasteiger partial charge in [0, 0.05) is 12.1 Å². The van der Waals surface area contributed by atoms with Crippen LogP contribution in [-0.4, -0.2) is 0 Å². The van der Waals surface area contributed by atoms with E-state index in [-0.39, 0.29) is 33.3 Å². The molecule has 2 atom stereocenters. The van der Waals surface area contributed by atoms with Gasteiger partial charge in [0.1, 0.15) is 12.1 Å². The van der Waals surface area contributed by atoms with Crippen molar-refractivity contribution in [3.8, 4) is 12.1 Å². The molecule has 0 aliphatic heterocycles. The minimum atomic E-state index is -0.196. The maximum absolute atomic E-state index is 10.0. The maximum atomic E-state index is 10.0. The Balaban J connectivity index is 1.59. The Bertz CT molecular complexity index is 1630. The van der Waals surface area contributed by atoms with Crippen molar-refractivity contribution in [2.75, 3.05) is 10.6 Å². The van der Waals surface area contributed by atoms with Crippen molar-refractivity contribution in [2.45, 2.75) is 25.9 Å². The summed E-state index contributed by atoms with van der Waals surface area (Å²) in [6.07, 6.45) is 0. The minimum absolute atomic E-state index is 0.0691. The Labute approximate surface area is 232 Å². The quantitative estimate of drug-likeness (QED) is 0.227. The molecular weight excluding hydrogens is 511 g/mol. The van der Waals surface area contributed by atoms with Gasteiger partial charge in [0.25, 0.3) is 0 Å². The van der Waals surface area contributed by atoms with Gasteiger partial charge in [-0.2, -0.15) is 10.5 Å². The van der Waals surface area contributed by atoms with E-state index in [1.807, 2.05) is 62.4 Å². The van der Waals surface area contributed by atoms with Crippen LogP contribution in [0.15, 0.2) is 84.9 Å². The second-order valence-electron chi connectivity index (χ2n) is 9.22. The van der Waals surface area contributed by atoms with E-state index in [4.69, 9.17) is 23.2 Å². The Morgan fingerprint density at radius 2 is 0.974 bits per heavy atom. The van der Waals surface area contributed by atoms with Crippen LogP contribution in [0.3, 0.4) is 0 Å². The molecule has 5 rings (SSSR count). The monoisotopic (exact) mass is 534 g/mol. The third-order valence-electron chi connectivity index (χ3n) is 6.90. The van der Waals surface area contributed by atoms with Gasteiger partial charge >= 0.3 is 0 Å². The lowest BCUT2D eigenvalue weighted by molar-refractivity contribution is 0.886. The second-order valence-corrected chi connectivity index (χ2v) is 9.98. The molecule has 0 unspecified atom stereocenters. The zero-order valence-electron chi connectivity index (χ0n) is 20.9. The molecule has 0 spiro atoms. The van der Waals surface area contributed by atoms with Gasteiger partial charge in [-0.3, -0.25) is 0 Å². The number of rotatable bonds is 6. The zero-order chi connectivity index (χ0) is 26.8. The summed E-state index contributed by atoms with van der Waals surface area (Å²) in [7, 11) is 0. The predicted octanol–water partition coefficient (Wildman–Crippen LogP) is 9.39. The first-order valence-electron chi connectivity index (χ1n) is 12.3. The van der Waals surface area contributed by atoms with E-state index in [2.05, 4.69) is 59.2 Å². The molecule has 0 heterocycles. The molecule has 5 aromatic rings. The zero-order valence-corrected chi connectivity index (χ0v) is 22.4. The highest BCUT2D eigenvalue weighted by Crippen LogP contribution is 2.44. The smallest absolute Gasteiger partial charge is 0.103 e. The third kappa shape index (κ3) is 4.50. The Kier molecular flexibility index (Phi) is 7.12. The van der Waals surface area contributed by atoms with Crippen molar-refractivity contribution in [3.05, 3.63) is 117 Å². The number of nitrogens with zero attached hydrogens (tertiary/aromatic N) is 2. The molecule has 0 bridgehead atoms. The van der Waals surface area contributed by atoms with Crippen LogP contribution in [0, 0.1) is 22.7 Å². The van der Waals surface area contributed by atoms with Crippen LogP contribution in [0.4, 0.5) is 11.4 Å². The lowest BCUT2D eigenvalue weighted by Crippen LogP contribution is -2.13. The van der Waals surface area contributed by atoms with Gasteiger partial charge in [-0.15, -0.1) is 0 Å². The molecule has 0 saturated heterocycles. The highest BCUT2D eigenvalue weighted by Gasteiger charge is 2.25. The van der Waals surface area contributed by atoms with E-state index in [1.54, 1.807) is 0 Å². The molecule has 186 valence electrons. The van der Waals surface area contributed by atoms with Gasteiger partial charge < -0.3 is 10.6 Å². The Morgan fingerprint density at radius 3 is 1.39 bits per heavy atom. The molecule has 2 N–H and O–H groups in total. The highest BCUT2D eigenvalue weighted by atomic mass is 35.5. The van der Waals surface area contributed by atoms with E-state index in [0.29, 0.717) is 11.4 Å². The van der Waals surface area contributed by atoms with E-state index < -0.39 is 0 Å². The lowest BCUT2D eigenvalue weighted by atomic mass is 9.98. The first-order valence-corrected chi connectivity index (χ1v) is 13.0. The molecule has 0 aliphatic rings. The fraction of sp³-hybridized carbons (Fsp3) is 0.125. The summed E-state index contributed by atoms with van der Waals surface area (Å²) in [4.78, 5) is 0. The fourth-order valence-corrected chi connectivity index (χ4v) is 5.59. The summed E-state index contributed by atoms with van der Waals surface area (Å²) >= 11 is 13.6. The van der Waals surface area contributed by atoms with Crippen molar-refractivity contribution < 1.29 is 0 Å². The van der Waals surface area contributed by atoms with E-state index in [0.717, 1.165) is 32.7 Å². The van der Waals surface area contributed by atoms with E-state index >= 15 is 0 Å². The number of benzene rings is 5. The third-order valence-corrected chi connectivity index (χ3v) is 7.66. The first-order chi connectivity index (χ1) is 18.4. The topological polar surface area (TPSA) is 71.6 Å². The average Bonchev–Trinajstić information content (AvgIpc) is 2.95. The maximum Gasteiger partial charge on any atom is 0.103 e. The second kappa shape index (κ2) is 10.6. The normalized spacial score (nSPS) is 12.5. The van der Waals surface area contributed by atoms with Crippen LogP contribution < -0.4 is 10.6 Å². The summed E-state index contributed by atoms with van der Waals surface area (Å²) in [5, 5.41) is 31.6. The molecule has 0 radical (unpaired) electrons. The number of fused-ring (bicyclic) bond motifs is 2. The van der Waals surface area contributed by atoms with Crippen molar-refractivity contribution in [2.24, 2.45) is 0 Å². The summed E-state index contributed by atoms with van der Waals surface area (Å²) in [6, 6.07) is 32.4. The predicted molar refractivity (Wildman–Crippen MR) is 158 cm³/mol. The van der Waals surface area contributed by atoms with Crippen LogP contribution in [0.1, 0.15) is 48.2 Å². The molecular formula is C32H24Cl2N4. The van der Waals surface area contributed by atoms with Crippen LogP contribution in [0.5, 0.6) is 0 Å². The largest absolute Gasteiger partial charge is 0.376 e. The molecule has 0 fully saturated rings. The van der Waals surface area contributed by atoms with Gasteiger partial charge in [0.2, 0.25) is 0 Å². The van der Waals surface area contributed by atoms with Gasteiger partial charge in [-0.25, -0.2) is 0 Å². The fourth-order valence-electron chi connectivity index (χ4n) is 5.01. The van der Waals surface area contributed by atoms with Gasteiger partial charge in [0.05, 0.1) is 32.5 Å². The average molecular weight is 535 g/mol. The SMILES string of the molecule is C[C@@H](Nc1c(Cl)c(N[C@H](C)c2cccc3ccccc23)c(C#N)c(Cl)c1C#N)c1cccc2ccccc12. The standard InChI is InChI=1S/C32H24Cl2N4/c1-19(23-15-7-11-21-9-3-5-13-25(21)23)37-31-27(17-35)29(33)28(18-36)32(30(31)34)38-20(2)24-16-8-12-22-10-4-6-14-26(22)24/h3-16,19-20,37-38H,1-2H3/t19-,20-/m1/s1. The molecule has 0 amide bonds. The van der Waals surface area contributed by atoms with Crippen LogP contribution in [0.2, 0.25) is 10.0 Å². The molecule has 5 aromatic carbocycles. The van der Waals surface area contributed by atoms with Crippen molar-refractivity contribution in [1.29, 1.82) is 10.5 Å². The number of halogens is 2. The van der Waals surface area contributed by atoms with Gasteiger partial charge in [-0.05, 0) is 46.5 Å². The number of nitriles is 2. The van der Waals surface area contributed by atoms with Crippen molar-refractivity contribution in [3.63, 3.8) is 0 Å². The number of nitrogens with one attached hydrogen (secondary N) is 2. The van der Waals surface area contributed by atoms with Gasteiger partial charge in [0.15, 0.2) is 0 Å². The molecule has 0 aliphatic carbocycles. The summed E-state index contributed by atoms with van der Waals surface area (Å²) in [5.41, 5.74) is 3.19. The van der Waals surface area contributed by atoms with E-state index in [1.165, 1.54) is 0 Å². The lowest BCUT2D eigenvalue weighted by Gasteiger charge is -2.24. The molecule has 0 aromatic heterocycles. The van der Waals surface area contributed by atoms with Gasteiger partial charge in [-0.1, -0.05) is 108 Å². The number of anilines is 2. The minimum Gasteiger partial charge on any atom is -0.376 e. The molecule has 38 heavy (non-hydrogen) atoms. The molecule has 0 saturated carbocycles. The number of hydrogen-bond acceptors (Lipinski definition) is 4. The van der Waals surface area contributed by atoms with Crippen LogP contribution >= 0.6 is 23.2 Å². The van der Waals surface area contributed by atoms with Crippen LogP contribution in [-0.2, 0) is 0 Å². The van der Waals surface area contributed by atoms with E-state index in [9.17, 15) is 10.5 Å². The highest BCUT2D eigenvalue weighted by molar-refractivity contribution is 6.40. The molecule has 4 nitrogen and oxygen atoms in total. The van der Waals surface area contributed by atoms with Crippen molar-refractivity contribution in [1.82, 2.24) is 0 Å². The summed E-state index contributed by atoms with van der Waals surface area (Å²) in [6.45, 7) is 4.02. The summed E-state index contributed by atoms with van der Waals surface area (Å²) in [5.74, 6) is 0.